The molecule has 2 unspecified atom stereocenters. The highest BCUT2D eigenvalue weighted by atomic mass is 32.3. The number of sulfonamides is 4. The summed E-state index contributed by atoms with van der Waals surface area (Å²) in [7, 11) is -17.0. The van der Waals surface area contributed by atoms with Gasteiger partial charge in [-0.05, 0) is 13.8 Å². The van der Waals surface area contributed by atoms with E-state index in [0.29, 0.717) is 25.0 Å². The van der Waals surface area contributed by atoms with E-state index >= 15 is 0 Å². The molecule has 0 fully saturated rings. The van der Waals surface area contributed by atoms with E-state index < -0.39 is 52.5 Å². The van der Waals surface area contributed by atoms with E-state index in [-0.39, 0.29) is 7.42 Å². The quantitative estimate of drug-likeness (QED) is 0.414. The highest BCUT2D eigenvalue weighted by Crippen LogP contribution is 2.18. The molecule has 0 amide bonds. The smallest absolute Gasteiger partial charge is 0.226 e. The van der Waals surface area contributed by atoms with Gasteiger partial charge >= 0.3 is 0 Å². The van der Waals surface area contributed by atoms with Gasteiger partial charge in [0.05, 0.1) is 25.0 Å². The molecule has 23 heavy (non-hydrogen) atoms. The van der Waals surface area contributed by atoms with E-state index in [1.165, 1.54) is 0 Å². The highest BCUT2D eigenvalue weighted by molar-refractivity contribution is 8.03. The second kappa shape index (κ2) is 6.89. The molecule has 0 spiro atoms. The summed E-state index contributed by atoms with van der Waals surface area (Å²) in [6.07, 6.45) is -0.873. The van der Waals surface area contributed by atoms with Crippen molar-refractivity contribution in [2.75, 3.05) is 25.0 Å². The Labute approximate surface area is 137 Å². The molecule has 0 N–H and O–H groups in total. The van der Waals surface area contributed by atoms with Crippen molar-refractivity contribution in [1.29, 1.82) is 0 Å². The Morgan fingerprint density at radius 2 is 0.739 bits per heavy atom. The standard InChI is InChI=1S/C8H20N2O9S4/c1-7(9(20(3,11)12)21(4,13)14)19-8(2)10(22(5,15)16)23(6,17)18/h7-8H,1-6H3. The molecule has 0 heterocycles. The summed E-state index contributed by atoms with van der Waals surface area (Å²) in [5.74, 6) is 0. The molecule has 0 aliphatic rings. The SMILES string of the molecule is CC(OC(C)N(S(C)(=O)=O)S(C)(=O)=O)N(S(C)(=O)=O)S(C)(=O)=O. The fourth-order valence-corrected chi connectivity index (χ4v) is 8.25. The summed E-state index contributed by atoms with van der Waals surface area (Å²) in [5.41, 5.74) is 0. The van der Waals surface area contributed by atoms with E-state index in [9.17, 15) is 33.7 Å². The van der Waals surface area contributed by atoms with Gasteiger partial charge in [0.2, 0.25) is 40.1 Å². The maximum absolute atomic E-state index is 11.6. The number of nitrogens with zero attached hydrogens (tertiary/aromatic N) is 2. The van der Waals surface area contributed by atoms with E-state index in [4.69, 9.17) is 4.74 Å². The average Bonchev–Trinajstić information content (AvgIpc) is 2.04. The lowest BCUT2D eigenvalue weighted by molar-refractivity contribution is -0.0543. The van der Waals surface area contributed by atoms with Crippen molar-refractivity contribution in [3.05, 3.63) is 0 Å². The fourth-order valence-electron chi connectivity index (χ4n) is 1.95. The second-order valence-electron chi connectivity index (χ2n) is 4.84. The van der Waals surface area contributed by atoms with Gasteiger partial charge in [-0.3, -0.25) is 0 Å². The predicted molar refractivity (Wildman–Crippen MR) is 83.1 cm³/mol. The van der Waals surface area contributed by atoms with E-state index in [1.807, 2.05) is 0 Å². The van der Waals surface area contributed by atoms with Gasteiger partial charge < -0.3 is 4.74 Å². The first-order chi connectivity index (χ1) is 9.79. The molecule has 0 saturated heterocycles. The molecule has 0 radical (unpaired) electrons. The third kappa shape index (κ3) is 6.60. The summed E-state index contributed by atoms with van der Waals surface area (Å²) < 4.78 is 97.7. The molecular weight excluding hydrogens is 396 g/mol. The third-order valence-corrected chi connectivity index (χ3v) is 9.35. The van der Waals surface area contributed by atoms with Crippen LogP contribution in [-0.4, -0.2) is 78.6 Å². The van der Waals surface area contributed by atoms with Gasteiger partial charge in [-0.2, -0.15) is 0 Å². The molecule has 0 aromatic rings. The number of hydrogen-bond donors (Lipinski definition) is 0. The van der Waals surface area contributed by atoms with Crippen molar-refractivity contribution in [2.24, 2.45) is 0 Å². The Morgan fingerprint density at radius 3 is 0.870 bits per heavy atom. The molecule has 0 aromatic carbocycles. The minimum Gasteiger partial charge on any atom is -0.341 e. The summed E-state index contributed by atoms with van der Waals surface area (Å²) in [4.78, 5) is 0. The Balaban J connectivity index is 5.80. The minimum atomic E-state index is -4.26. The van der Waals surface area contributed by atoms with Crippen molar-refractivity contribution >= 4 is 40.1 Å². The van der Waals surface area contributed by atoms with Crippen molar-refractivity contribution < 1.29 is 38.4 Å². The van der Waals surface area contributed by atoms with E-state index in [1.54, 1.807) is 0 Å². The Morgan fingerprint density at radius 1 is 0.565 bits per heavy atom. The molecular formula is C8H20N2O9S4. The average molecular weight is 417 g/mol. The van der Waals surface area contributed by atoms with Crippen LogP contribution < -0.4 is 0 Å². The number of ether oxygens (including phenoxy) is 1. The van der Waals surface area contributed by atoms with Crippen LogP contribution in [-0.2, 0) is 44.8 Å². The maximum Gasteiger partial charge on any atom is 0.226 e. The van der Waals surface area contributed by atoms with Gasteiger partial charge in [0.25, 0.3) is 0 Å². The Bertz CT molecular complexity index is 705. The highest BCUT2D eigenvalue weighted by Gasteiger charge is 2.38. The minimum absolute atomic E-state index is 0.0131. The van der Waals surface area contributed by atoms with Crippen molar-refractivity contribution in [3.8, 4) is 0 Å². The van der Waals surface area contributed by atoms with Crippen LogP contribution in [0, 0.1) is 0 Å². The first kappa shape index (κ1) is 22.7. The van der Waals surface area contributed by atoms with Gasteiger partial charge in [0.1, 0.15) is 12.5 Å². The van der Waals surface area contributed by atoms with Crippen LogP contribution >= 0.6 is 0 Å². The normalized spacial score (nSPS) is 17.4. The molecule has 0 bridgehead atoms. The van der Waals surface area contributed by atoms with Crippen LogP contribution in [0.2, 0.25) is 0 Å². The fraction of sp³-hybridized carbons (Fsp3) is 1.00. The van der Waals surface area contributed by atoms with Crippen molar-refractivity contribution in [1.82, 2.24) is 7.42 Å². The lowest BCUT2D eigenvalue weighted by Gasteiger charge is -2.30. The van der Waals surface area contributed by atoms with Gasteiger partial charge in [-0.1, -0.05) is 7.42 Å². The van der Waals surface area contributed by atoms with Gasteiger partial charge in [0.15, 0.2) is 0 Å². The molecule has 11 nitrogen and oxygen atoms in total. The zero-order valence-electron chi connectivity index (χ0n) is 13.4. The number of rotatable bonds is 8. The summed E-state index contributed by atoms with van der Waals surface area (Å²) in [5, 5.41) is 0. The van der Waals surface area contributed by atoms with Crippen LogP contribution in [0.25, 0.3) is 0 Å². The molecule has 0 rings (SSSR count). The summed E-state index contributed by atoms with van der Waals surface area (Å²) in [6.45, 7) is 2.06. The van der Waals surface area contributed by atoms with Gasteiger partial charge in [-0.25, -0.2) is 33.7 Å². The van der Waals surface area contributed by atoms with Crippen molar-refractivity contribution in [2.45, 2.75) is 26.3 Å². The first-order valence-corrected chi connectivity index (χ1v) is 13.2. The van der Waals surface area contributed by atoms with Gasteiger partial charge in [0, 0.05) is 0 Å². The molecule has 2 atom stereocenters. The Hall–Kier alpha value is -0.320. The van der Waals surface area contributed by atoms with E-state index in [2.05, 4.69) is 0 Å². The van der Waals surface area contributed by atoms with Crippen LogP contribution in [0.4, 0.5) is 0 Å². The molecule has 0 aliphatic carbocycles. The third-order valence-electron chi connectivity index (χ3n) is 2.30. The topological polar surface area (TPSA) is 152 Å². The molecule has 15 heteroatoms. The zero-order chi connectivity index (χ0) is 19.0. The summed E-state index contributed by atoms with van der Waals surface area (Å²) >= 11 is 0. The monoisotopic (exact) mass is 416 g/mol. The molecule has 140 valence electrons. The predicted octanol–water partition coefficient (Wildman–Crippen LogP) is -1.86. The summed E-state index contributed by atoms with van der Waals surface area (Å²) in [6, 6.07) is 0. The van der Waals surface area contributed by atoms with Gasteiger partial charge in [-0.15, -0.1) is 0 Å². The van der Waals surface area contributed by atoms with Crippen LogP contribution in [0.15, 0.2) is 0 Å². The van der Waals surface area contributed by atoms with Crippen LogP contribution in [0.5, 0.6) is 0 Å². The molecule has 0 aromatic heterocycles. The lowest BCUT2D eigenvalue weighted by Crippen LogP contribution is -2.49. The zero-order valence-corrected chi connectivity index (χ0v) is 16.6. The second-order valence-corrected chi connectivity index (χ2v) is 12.7. The van der Waals surface area contributed by atoms with E-state index in [0.717, 1.165) is 13.8 Å². The molecule has 0 aliphatic heterocycles. The maximum atomic E-state index is 11.6. The largest absolute Gasteiger partial charge is 0.341 e. The molecule has 0 saturated carbocycles. The van der Waals surface area contributed by atoms with Crippen molar-refractivity contribution in [3.63, 3.8) is 0 Å². The van der Waals surface area contributed by atoms with Crippen LogP contribution in [0.1, 0.15) is 13.8 Å². The number of hydrogen-bond acceptors (Lipinski definition) is 9. The first-order valence-electron chi connectivity index (χ1n) is 5.84. The Kier molecular flexibility index (Phi) is 6.80. The lowest BCUT2D eigenvalue weighted by atomic mass is 10.6. The van der Waals surface area contributed by atoms with Crippen LogP contribution in [0.3, 0.4) is 0 Å².